The van der Waals surface area contributed by atoms with Gasteiger partial charge in [0.1, 0.15) is 5.54 Å². The van der Waals surface area contributed by atoms with Crippen molar-refractivity contribution in [3.8, 4) is 17.2 Å². The number of carbonyl (C=O) groups excluding carboxylic acids is 3. The summed E-state index contributed by atoms with van der Waals surface area (Å²) in [6, 6.07) is 13.4. The number of carbonyl (C=O) groups is 3. The predicted octanol–water partition coefficient (Wildman–Crippen LogP) is 4.35. The Morgan fingerprint density at radius 3 is 2.10 bits per heavy atom. The number of nitrogens with zero attached hydrogens (tertiary/aromatic N) is 1. The van der Waals surface area contributed by atoms with Crippen molar-refractivity contribution in [1.29, 1.82) is 0 Å². The monoisotopic (exact) mass is 579 g/mol. The van der Waals surface area contributed by atoms with E-state index in [9.17, 15) is 14.4 Å². The Morgan fingerprint density at radius 1 is 0.905 bits per heavy atom. The van der Waals surface area contributed by atoms with Crippen molar-refractivity contribution in [3.05, 3.63) is 53.6 Å². The molecule has 1 unspecified atom stereocenters. The number of hydrogen-bond donors (Lipinski definition) is 2. The third-order valence-electron chi connectivity index (χ3n) is 9.28. The van der Waals surface area contributed by atoms with E-state index in [2.05, 4.69) is 0 Å². The van der Waals surface area contributed by atoms with Gasteiger partial charge in [0.2, 0.25) is 23.5 Å². The Labute approximate surface area is 248 Å². The highest BCUT2D eigenvalue weighted by Crippen LogP contribution is 2.47. The average molecular weight is 580 g/mol. The molecule has 0 aromatic heterocycles. The van der Waals surface area contributed by atoms with Gasteiger partial charge < -0.3 is 30.6 Å². The maximum absolute atomic E-state index is 14.9. The zero-order chi connectivity index (χ0) is 30.3. The number of benzene rings is 2. The number of primary amides is 2. The summed E-state index contributed by atoms with van der Waals surface area (Å²) in [5.74, 6) is -1.62. The van der Waals surface area contributed by atoms with Gasteiger partial charge in [-0.1, -0.05) is 49.6 Å². The number of aryl methyl sites for hydroxylation is 1. The van der Waals surface area contributed by atoms with E-state index < -0.39 is 29.2 Å². The van der Waals surface area contributed by atoms with Crippen molar-refractivity contribution in [2.24, 2.45) is 23.3 Å². The van der Waals surface area contributed by atoms with Crippen LogP contribution in [0.1, 0.15) is 74.8 Å². The fraction of sp³-hybridized carbons (Fsp3) is 0.545. The van der Waals surface area contributed by atoms with E-state index >= 15 is 0 Å². The van der Waals surface area contributed by atoms with Gasteiger partial charge in [-0.15, -0.1) is 0 Å². The molecule has 0 spiro atoms. The number of hydrogen-bond acceptors (Lipinski definition) is 6. The molecule has 0 radical (unpaired) electrons. The van der Waals surface area contributed by atoms with E-state index in [-0.39, 0.29) is 11.8 Å². The largest absolute Gasteiger partial charge is 0.493 e. The molecule has 228 valence electrons. The van der Waals surface area contributed by atoms with E-state index in [1.54, 1.807) is 19.1 Å². The normalized spacial score (nSPS) is 20.8. The van der Waals surface area contributed by atoms with Crippen molar-refractivity contribution in [2.75, 3.05) is 27.9 Å². The quantitative estimate of drug-likeness (QED) is 0.384. The van der Waals surface area contributed by atoms with Crippen LogP contribution < -0.4 is 25.7 Å². The van der Waals surface area contributed by atoms with Gasteiger partial charge in [-0.2, -0.15) is 0 Å². The van der Waals surface area contributed by atoms with E-state index in [1.165, 1.54) is 7.11 Å². The summed E-state index contributed by atoms with van der Waals surface area (Å²) in [5.41, 5.74) is 12.4. The van der Waals surface area contributed by atoms with Crippen molar-refractivity contribution in [3.63, 3.8) is 0 Å². The zero-order valence-corrected chi connectivity index (χ0v) is 25.1. The minimum absolute atomic E-state index is 0.0397. The molecule has 1 heterocycles. The van der Waals surface area contributed by atoms with Gasteiger partial charge >= 0.3 is 0 Å². The Balaban J connectivity index is 1.81. The van der Waals surface area contributed by atoms with Crippen LogP contribution in [0.2, 0.25) is 0 Å². The summed E-state index contributed by atoms with van der Waals surface area (Å²) in [6.07, 6.45) is 7.40. The van der Waals surface area contributed by atoms with Crippen LogP contribution in [0.25, 0.3) is 0 Å². The van der Waals surface area contributed by atoms with Gasteiger partial charge in [-0.3, -0.25) is 14.4 Å². The second kappa shape index (κ2) is 13.9. The van der Waals surface area contributed by atoms with E-state index in [4.69, 9.17) is 25.7 Å². The summed E-state index contributed by atoms with van der Waals surface area (Å²) < 4.78 is 16.8. The number of rotatable bonds is 12. The van der Waals surface area contributed by atoms with Crippen LogP contribution in [-0.2, 0) is 20.8 Å². The van der Waals surface area contributed by atoms with E-state index in [0.717, 1.165) is 43.2 Å². The molecule has 1 saturated carbocycles. The van der Waals surface area contributed by atoms with Crippen LogP contribution in [0.3, 0.4) is 0 Å². The summed E-state index contributed by atoms with van der Waals surface area (Å²) in [5, 5.41) is 0. The van der Waals surface area contributed by atoms with Crippen molar-refractivity contribution in [2.45, 2.75) is 75.7 Å². The van der Waals surface area contributed by atoms with Gasteiger partial charge in [-0.05, 0) is 74.1 Å². The van der Waals surface area contributed by atoms with Crippen LogP contribution in [-0.4, -0.2) is 56.0 Å². The summed E-state index contributed by atoms with van der Waals surface area (Å²) in [4.78, 5) is 43.2. The van der Waals surface area contributed by atoms with Crippen LogP contribution in [0.4, 0.5) is 0 Å². The molecule has 0 bridgehead atoms. The lowest BCUT2D eigenvalue weighted by molar-refractivity contribution is -0.159. The first kappa shape index (κ1) is 31.2. The van der Waals surface area contributed by atoms with Crippen LogP contribution in [0.5, 0.6) is 17.2 Å². The molecule has 1 aliphatic heterocycles. The highest BCUT2D eigenvalue weighted by Gasteiger charge is 2.55. The average Bonchev–Trinajstić information content (AvgIpc) is 3.01. The van der Waals surface area contributed by atoms with Gasteiger partial charge in [0.25, 0.3) is 0 Å². The van der Waals surface area contributed by atoms with E-state index in [0.29, 0.717) is 55.9 Å². The SMILES string of the molecule is COc1cc([C@@H](C(=O)N2CCCCC2(C(N)=O)[C@H](CCc2ccccc2)C(N)=O)C2CCCCC2)cc(OC)c1OC. The minimum Gasteiger partial charge on any atom is -0.493 e. The molecule has 4 rings (SSSR count). The first-order valence-corrected chi connectivity index (χ1v) is 15.0. The molecule has 9 nitrogen and oxygen atoms in total. The highest BCUT2D eigenvalue weighted by atomic mass is 16.5. The van der Waals surface area contributed by atoms with Crippen LogP contribution in [0.15, 0.2) is 42.5 Å². The number of amides is 3. The van der Waals surface area contributed by atoms with Gasteiger partial charge in [-0.25, -0.2) is 0 Å². The first-order valence-electron chi connectivity index (χ1n) is 15.0. The maximum Gasteiger partial charge on any atom is 0.244 e. The topological polar surface area (TPSA) is 134 Å². The summed E-state index contributed by atoms with van der Waals surface area (Å²) >= 11 is 0. The third-order valence-corrected chi connectivity index (χ3v) is 9.28. The lowest BCUT2D eigenvalue weighted by atomic mass is 9.70. The molecular formula is C33H45N3O6. The Morgan fingerprint density at radius 2 is 1.55 bits per heavy atom. The van der Waals surface area contributed by atoms with Gasteiger partial charge in [0, 0.05) is 6.54 Å². The third kappa shape index (κ3) is 6.20. The Bertz CT molecular complexity index is 1220. The highest BCUT2D eigenvalue weighted by molar-refractivity contribution is 5.97. The molecular weight excluding hydrogens is 534 g/mol. The molecule has 2 aromatic rings. The molecule has 42 heavy (non-hydrogen) atoms. The van der Waals surface area contributed by atoms with E-state index in [1.807, 2.05) is 42.5 Å². The summed E-state index contributed by atoms with van der Waals surface area (Å²) in [6.45, 7) is 0.324. The first-order chi connectivity index (χ1) is 20.3. The molecule has 1 saturated heterocycles. The number of likely N-dealkylation sites (tertiary alicyclic amines) is 1. The lowest BCUT2D eigenvalue weighted by Crippen LogP contribution is -2.68. The smallest absolute Gasteiger partial charge is 0.244 e. The second-order valence-corrected chi connectivity index (χ2v) is 11.5. The maximum atomic E-state index is 14.9. The lowest BCUT2D eigenvalue weighted by Gasteiger charge is -2.50. The molecule has 3 atom stereocenters. The molecule has 2 aliphatic rings. The predicted molar refractivity (Wildman–Crippen MR) is 160 cm³/mol. The fourth-order valence-electron chi connectivity index (χ4n) is 7.20. The summed E-state index contributed by atoms with van der Waals surface area (Å²) in [7, 11) is 4.63. The molecule has 4 N–H and O–H groups in total. The number of methoxy groups -OCH3 is 3. The number of piperidine rings is 1. The van der Waals surface area contributed by atoms with Crippen LogP contribution in [0, 0.1) is 11.8 Å². The molecule has 2 aromatic carbocycles. The second-order valence-electron chi connectivity index (χ2n) is 11.5. The molecule has 9 heteroatoms. The molecule has 2 fully saturated rings. The fourth-order valence-corrected chi connectivity index (χ4v) is 7.20. The van der Waals surface area contributed by atoms with Crippen molar-refractivity contribution in [1.82, 2.24) is 4.90 Å². The van der Waals surface area contributed by atoms with Crippen molar-refractivity contribution < 1.29 is 28.6 Å². The number of nitrogens with two attached hydrogens (primary N) is 2. The Kier molecular flexibility index (Phi) is 10.4. The van der Waals surface area contributed by atoms with Crippen LogP contribution >= 0.6 is 0 Å². The zero-order valence-electron chi connectivity index (χ0n) is 25.1. The Hall–Kier alpha value is -3.75. The molecule has 3 amide bonds. The van der Waals surface area contributed by atoms with Gasteiger partial charge in [0.15, 0.2) is 11.5 Å². The standard InChI is InChI=1S/C33H45N3O6/c1-40-26-20-24(21-27(41-2)29(26)42-3)28(23-14-8-5-9-15-23)31(38)36-19-11-10-18-33(36,32(35)39)25(30(34)37)17-16-22-12-6-4-7-13-22/h4,6-7,12-13,20-21,23,25,28H,5,8-11,14-19H2,1-3H3,(H2,34,37)(H2,35,39)/t25-,28+,33?/m1/s1. The van der Waals surface area contributed by atoms with Crippen molar-refractivity contribution >= 4 is 17.7 Å². The number of ether oxygens (including phenoxy) is 3. The van der Waals surface area contributed by atoms with Gasteiger partial charge in [0.05, 0.1) is 33.2 Å². The minimum atomic E-state index is -1.51. The molecule has 1 aliphatic carbocycles.